The van der Waals surface area contributed by atoms with Crippen molar-refractivity contribution in [3.05, 3.63) is 72.9 Å². The second-order valence-corrected chi connectivity index (χ2v) is 9.33. The smallest absolute Gasteiger partial charge is 0.340 e. The molecule has 0 aliphatic carbocycles. The zero-order valence-corrected chi connectivity index (χ0v) is 23.4. The molecule has 0 radical (unpaired) electrons. The third-order valence-corrected chi connectivity index (χ3v) is 6.50. The predicted octanol–water partition coefficient (Wildman–Crippen LogP) is 6.99. The van der Waals surface area contributed by atoms with Gasteiger partial charge in [-0.25, -0.2) is 9.59 Å². The van der Waals surface area contributed by atoms with E-state index >= 15 is 0 Å². The first-order valence-electron chi connectivity index (χ1n) is 10.8. The van der Waals surface area contributed by atoms with E-state index in [0.29, 0.717) is 55.1 Å². The van der Waals surface area contributed by atoms with Crippen LogP contribution >= 0.6 is 39.1 Å². The predicted molar refractivity (Wildman–Crippen MR) is 141 cm³/mol. The molecule has 0 fully saturated rings. The van der Waals surface area contributed by atoms with Crippen LogP contribution in [0.1, 0.15) is 44.6 Å². The SMILES string of the molecule is CCOc1cc(-c2c(C(=O)OC)c(C)nc(C)c2C(=O)OC)cc(Br)c1OCc1ccc(Cl)cc1Cl. The normalized spacial score (nSPS) is 10.7. The number of carbonyl (C=O) groups excluding carboxylic acids is 2. The van der Waals surface area contributed by atoms with Gasteiger partial charge in [-0.1, -0.05) is 29.3 Å². The lowest BCUT2D eigenvalue weighted by Gasteiger charge is -2.20. The number of aryl methyl sites for hydroxylation is 2. The third kappa shape index (κ3) is 5.77. The van der Waals surface area contributed by atoms with Gasteiger partial charge in [-0.2, -0.15) is 0 Å². The highest BCUT2D eigenvalue weighted by Crippen LogP contribution is 2.43. The Balaban J connectivity index is 2.20. The number of hydrogen-bond acceptors (Lipinski definition) is 7. The molecule has 0 N–H and O–H groups in total. The second-order valence-electron chi connectivity index (χ2n) is 7.63. The van der Waals surface area contributed by atoms with E-state index in [1.54, 1.807) is 44.2 Å². The Hall–Kier alpha value is -2.81. The van der Waals surface area contributed by atoms with Crippen molar-refractivity contribution in [1.29, 1.82) is 0 Å². The number of pyridine rings is 1. The van der Waals surface area contributed by atoms with Crippen LogP contribution in [0, 0.1) is 13.8 Å². The fourth-order valence-electron chi connectivity index (χ4n) is 3.75. The van der Waals surface area contributed by atoms with Gasteiger partial charge in [0.05, 0.1) is 47.8 Å². The molecule has 7 nitrogen and oxygen atoms in total. The summed E-state index contributed by atoms with van der Waals surface area (Å²) in [4.78, 5) is 29.9. The largest absolute Gasteiger partial charge is 0.490 e. The number of aromatic nitrogens is 1. The summed E-state index contributed by atoms with van der Waals surface area (Å²) in [6, 6.07) is 8.57. The van der Waals surface area contributed by atoms with Crippen molar-refractivity contribution >= 4 is 51.1 Å². The van der Waals surface area contributed by atoms with E-state index in [9.17, 15) is 9.59 Å². The van der Waals surface area contributed by atoms with Crippen molar-refractivity contribution in [2.45, 2.75) is 27.4 Å². The molecule has 1 heterocycles. The lowest BCUT2D eigenvalue weighted by atomic mass is 9.92. The van der Waals surface area contributed by atoms with Gasteiger partial charge in [0.25, 0.3) is 0 Å². The zero-order valence-electron chi connectivity index (χ0n) is 20.3. The van der Waals surface area contributed by atoms with E-state index in [1.807, 2.05) is 6.92 Å². The van der Waals surface area contributed by atoms with Crippen LogP contribution in [0.5, 0.6) is 11.5 Å². The maximum atomic E-state index is 12.8. The maximum absolute atomic E-state index is 12.8. The van der Waals surface area contributed by atoms with Gasteiger partial charge < -0.3 is 18.9 Å². The van der Waals surface area contributed by atoms with Crippen LogP contribution in [-0.2, 0) is 16.1 Å². The summed E-state index contributed by atoms with van der Waals surface area (Å²) < 4.78 is 22.5. The number of halogens is 3. The van der Waals surface area contributed by atoms with Gasteiger partial charge in [0.15, 0.2) is 11.5 Å². The molecule has 3 rings (SSSR count). The van der Waals surface area contributed by atoms with Crippen LogP contribution in [0.25, 0.3) is 11.1 Å². The molecule has 36 heavy (non-hydrogen) atoms. The summed E-state index contributed by atoms with van der Waals surface area (Å²) in [5.41, 5.74) is 2.70. The van der Waals surface area contributed by atoms with Crippen molar-refractivity contribution in [2.75, 3.05) is 20.8 Å². The van der Waals surface area contributed by atoms with Crippen LogP contribution in [0.3, 0.4) is 0 Å². The fourth-order valence-corrected chi connectivity index (χ4v) is 4.77. The molecular weight excluding hydrogens is 573 g/mol. The summed E-state index contributed by atoms with van der Waals surface area (Å²) in [5, 5.41) is 0.997. The number of rotatable bonds is 8. The molecule has 0 amide bonds. The van der Waals surface area contributed by atoms with Crippen LogP contribution in [-0.4, -0.2) is 37.7 Å². The Kier molecular flexibility index (Phi) is 9.22. The average molecular weight is 597 g/mol. The molecule has 10 heteroatoms. The minimum absolute atomic E-state index is 0.152. The molecule has 3 aromatic rings. The Labute approximate surface area is 227 Å². The van der Waals surface area contributed by atoms with Crippen molar-refractivity contribution in [2.24, 2.45) is 0 Å². The van der Waals surface area contributed by atoms with Crippen molar-refractivity contribution in [3.8, 4) is 22.6 Å². The summed E-state index contributed by atoms with van der Waals surface area (Å²) >= 11 is 15.8. The van der Waals surface area contributed by atoms with Gasteiger partial charge >= 0.3 is 11.9 Å². The topological polar surface area (TPSA) is 84.0 Å². The molecule has 2 aromatic carbocycles. The monoisotopic (exact) mass is 595 g/mol. The first-order chi connectivity index (χ1) is 17.1. The number of ether oxygens (including phenoxy) is 4. The van der Waals surface area contributed by atoms with E-state index in [-0.39, 0.29) is 17.7 Å². The lowest BCUT2D eigenvalue weighted by molar-refractivity contribution is 0.0599. The average Bonchev–Trinajstić information content (AvgIpc) is 2.83. The molecule has 0 atom stereocenters. The molecule has 0 spiro atoms. The number of nitrogens with zero attached hydrogens (tertiary/aromatic N) is 1. The third-order valence-electron chi connectivity index (χ3n) is 5.32. The van der Waals surface area contributed by atoms with Gasteiger partial charge in [-0.05, 0) is 66.5 Å². The van der Waals surface area contributed by atoms with Crippen LogP contribution in [0.15, 0.2) is 34.8 Å². The molecule has 0 aliphatic heterocycles. The first-order valence-corrected chi connectivity index (χ1v) is 12.4. The van der Waals surface area contributed by atoms with Crippen molar-refractivity contribution in [1.82, 2.24) is 4.98 Å². The molecule has 0 saturated heterocycles. The molecule has 190 valence electrons. The van der Waals surface area contributed by atoms with E-state index in [1.165, 1.54) is 14.2 Å². The summed E-state index contributed by atoms with van der Waals surface area (Å²) in [6.07, 6.45) is 0. The molecule has 0 unspecified atom stereocenters. The Morgan fingerprint density at radius 3 is 2.08 bits per heavy atom. The van der Waals surface area contributed by atoms with Gasteiger partial charge in [0, 0.05) is 21.2 Å². The van der Waals surface area contributed by atoms with Crippen LogP contribution in [0.4, 0.5) is 0 Å². The van der Waals surface area contributed by atoms with Crippen molar-refractivity contribution in [3.63, 3.8) is 0 Å². The summed E-state index contributed by atoms with van der Waals surface area (Å²) in [6.45, 7) is 5.69. The zero-order chi connectivity index (χ0) is 26.6. The molecule has 0 saturated carbocycles. The quantitative estimate of drug-likeness (QED) is 0.259. The number of hydrogen-bond donors (Lipinski definition) is 0. The van der Waals surface area contributed by atoms with Gasteiger partial charge in [-0.15, -0.1) is 0 Å². The van der Waals surface area contributed by atoms with Crippen LogP contribution < -0.4 is 9.47 Å². The van der Waals surface area contributed by atoms with Crippen molar-refractivity contribution < 1.29 is 28.5 Å². The first kappa shape index (κ1) is 27.8. The minimum atomic E-state index is -0.632. The van der Waals surface area contributed by atoms with Gasteiger partial charge in [-0.3, -0.25) is 4.98 Å². The molecule has 0 bridgehead atoms. The Bertz CT molecular complexity index is 1290. The van der Waals surface area contributed by atoms with Gasteiger partial charge in [0.1, 0.15) is 6.61 Å². The maximum Gasteiger partial charge on any atom is 0.340 e. The van der Waals surface area contributed by atoms with E-state index < -0.39 is 11.9 Å². The second kappa shape index (κ2) is 12.0. The fraction of sp³-hybridized carbons (Fsp3) is 0.269. The summed E-state index contributed by atoms with van der Waals surface area (Å²) in [7, 11) is 2.53. The lowest BCUT2D eigenvalue weighted by Crippen LogP contribution is -2.16. The number of carbonyl (C=O) groups is 2. The minimum Gasteiger partial charge on any atom is -0.490 e. The Morgan fingerprint density at radius 1 is 0.944 bits per heavy atom. The number of esters is 2. The van der Waals surface area contributed by atoms with E-state index in [2.05, 4.69) is 20.9 Å². The highest BCUT2D eigenvalue weighted by Gasteiger charge is 2.28. The highest BCUT2D eigenvalue weighted by atomic mass is 79.9. The number of benzene rings is 2. The molecule has 0 aliphatic rings. The van der Waals surface area contributed by atoms with Crippen LogP contribution in [0.2, 0.25) is 10.0 Å². The Morgan fingerprint density at radius 2 is 1.56 bits per heavy atom. The standard InChI is InChI=1S/C26H24BrCl2NO6/c1-6-35-20-10-16(9-18(27)24(20)36-12-15-7-8-17(28)11-19(15)29)23-21(25(31)33-4)13(2)30-14(3)22(23)26(32)34-5/h7-11H,6,12H2,1-5H3. The van der Waals surface area contributed by atoms with E-state index in [0.717, 1.165) is 5.56 Å². The highest BCUT2D eigenvalue weighted by molar-refractivity contribution is 9.10. The molecular formula is C26H24BrCl2NO6. The molecule has 1 aromatic heterocycles. The number of methoxy groups -OCH3 is 2. The van der Waals surface area contributed by atoms with Gasteiger partial charge in [0.2, 0.25) is 0 Å². The summed E-state index contributed by atoms with van der Waals surface area (Å²) in [5.74, 6) is -0.446. The van der Waals surface area contributed by atoms with E-state index in [4.69, 9.17) is 42.1 Å².